The predicted octanol–water partition coefficient (Wildman–Crippen LogP) is 4.14. The first-order chi connectivity index (χ1) is 13.7. The van der Waals surface area contributed by atoms with Gasteiger partial charge in [-0.2, -0.15) is 0 Å². The number of carbonyl (C=O) groups is 1. The van der Waals surface area contributed by atoms with Gasteiger partial charge in [0, 0.05) is 12.6 Å². The Labute approximate surface area is 171 Å². The molecular formula is C23H39N3O2. The van der Waals surface area contributed by atoms with Crippen LogP contribution in [0.3, 0.4) is 0 Å². The Bertz CT molecular complexity index is 585. The van der Waals surface area contributed by atoms with Crippen LogP contribution in [-0.4, -0.2) is 49.8 Å². The molecule has 1 aliphatic carbocycles. The largest absolute Gasteiger partial charge is 0.491 e. The van der Waals surface area contributed by atoms with E-state index < -0.39 is 0 Å². The molecule has 0 aromatic heterocycles. The lowest BCUT2D eigenvalue weighted by molar-refractivity contribution is 0.178. The molecule has 28 heavy (non-hydrogen) atoms. The molecular weight excluding hydrogens is 350 g/mol. The van der Waals surface area contributed by atoms with Gasteiger partial charge in [0.15, 0.2) is 0 Å². The van der Waals surface area contributed by atoms with Gasteiger partial charge in [-0.05, 0) is 68.8 Å². The van der Waals surface area contributed by atoms with Crippen LogP contribution < -0.4 is 15.4 Å². The molecule has 1 unspecified atom stereocenters. The number of nitrogens with one attached hydrogen (secondary N) is 2. The van der Waals surface area contributed by atoms with Crippen LogP contribution in [0.1, 0.15) is 64.0 Å². The smallest absolute Gasteiger partial charge is 0.314 e. The highest BCUT2D eigenvalue weighted by atomic mass is 16.5. The first-order valence-corrected chi connectivity index (χ1v) is 11.2. The zero-order valence-electron chi connectivity index (χ0n) is 18.1. The van der Waals surface area contributed by atoms with E-state index in [2.05, 4.69) is 54.5 Å². The number of benzene rings is 1. The number of aryl methyl sites for hydroxylation is 1. The third-order valence-corrected chi connectivity index (χ3v) is 5.42. The summed E-state index contributed by atoms with van der Waals surface area (Å²) in [5, 5.41) is 5.73. The van der Waals surface area contributed by atoms with Crippen LogP contribution in [0.2, 0.25) is 0 Å². The van der Waals surface area contributed by atoms with Gasteiger partial charge in [0.2, 0.25) is 0 Å². The van der Waals surface area contributed by atoms with Gasteiger partial charge in [-0.1, -0.05) is 39.3 Å². The fourth-order valence-electron chi connectivity index (χ4n) is 4.00. The van der Waals surface area contributed by atoms with Crippen molar-refractivity contribution >= 4 is 6.03 Å². The lowest BCUT2D eigenvalue weighted by Crippen LogP contribution is -2.40. The van der Waals surface area contributed by atoms with Crippen molar-refractivity contribution in [1.29, 1.82) is 0 Å². The van der Waals surface area contributed by atoms with Gasteiger partial charge in [0.25, 0.3) is 0 Å². The molecule has 0 aliphatic heterocycles. The molecule has 1 atom stereocenters. The maximum Gasteiger partial charge on any atom is 0.314 e. The van der Waals surface area contributed by atoms with E-state index in [0.29, 0.717) is 19.2 Å². The second-order valence-electron chi connectivity index (χ2n) is 7.71. The minimum absolute atomic E-state index is 0.109. The van der Waals surface area contributed by atoms with E-state index in [1.165, 1.54) is 43.5 Å². The number of nitrogens with zero attached hydrogens (tertiary/aromatic N) is 1. The second-order valence-corrected chi connectivity index (χ2v) is 7.71. The van der Waals surface area contributed by atoms with Crippen LogP contribution in [0.25, 0.3) is 0 Å². The predicted molar refractivity (Wildman–Crippen MR) is 116 cm³/mol. The number of hydrogen-bond acceptors (Lipinski definition) is 3. The third-order valence-electron chi connectivity index (χ3n) is 5.42. The van der Waals surface area contributed by atoms with E-state index in [9.17, 15) is 4.79 Å². The molecule has 0 heterocycles. The Morgan fingerprint density at radius 2 is 1.86 bits per heavy atom. The highest BCUT2D eigenvalue weighted by Crippen LogP contribution is 2.31. The van der Waals surface area contributed by atoms with Gasteiger partial charge in [-0.25, -0.2) is 4.79 Å². The Balaban J connectivity index is 1.87. The van der Waals surface area contributed by atoms with Crippen molar-refractivity contribution in [1.82, 2.24) is 15.5 Å². The summed E-state index contributed by atoms with van der Waals surface area (Å²) < 4.78 is 6.07. The quantitative estimate of drug-likeness (QED) is 0.528. The van der Waals surface area contributed by atoms with E-state index in [0.717, 1.165) is 38.0 Å². The number of urea groups is 1. The summed E-state index contributed by atoms with van der Waals surface area (Å²) in [4.78, 5) is 14.4. The number of unbranched alkanes of at least 4 members (excludes halogenated alkanes) is 1. The molecule has 1 aromatic carbocycles. The van der Waals surface area contributed by atoms with Crippen molar-refractivity contribution in [3.05, 3.63) is 29.3 Å². The average molecular weight is 390 g/mol. The molecule has 0 fully saturated rings. The summed E-state index contributed by atoms with van der Waals surface area (Å²) in [7, 11) is 0. The number of rotatable bonds is 12. The highest BCUT2D eigenvalue weighted by Gasteiger charge is 2.25. The molecule has 0 bridgehead atoms. The molecule has 0 saturated heterocycles. The SMILES string of the molecule is CCCCNC(=O)NCCOc1cccc2c1CC(N(CCC)CCC)CC2. The Hall–Kier alpha value is -1.75. The van der Waals surface area contributed by atoms with E-state index in [1.54, 1.807) is 0 Å². The zero-order chi connectivity index (χ0) is 20.2. The zero-order valence-corrected chi connectivity index (χ0v) is 18.1. The summed E-state index contributed by atoms with van der Waals surface area (Å²) in [6.45, 7) is 10.7. The van der Waals surface area contributed by atoms with Crippen molar-refractivity contribution in [3.63, 3.8) is 0 Å². The van der Waals surface area contributed by atoms with E-state index >= 15 is 0 Å². The molecule has 0 saturated carbocycles. The van der Waals surface area contributed by atoms with Crippen molar-refractivity contribution in [2.45, 2.75) is 71.8 Å². The standard InChI is InChI=1S/C23H39N3O2/c1-4-7-13-24-23(27)25-14-17-28-22-10-8-9-19-11-12-20(18-21(19)22)26(15-5-2)16-6-3/h8-10,20H,4-7,11-18H2,1-3H3,(H2,24,25,27). The van der Waals surface area contributed by atoms with Crippen molar-refractivity contribution in [2.75, 3.05) is 32.8 Å². The first-order valence-electron chi connectivity index (χ1n) is 11.2. The van der Waals surface area contributed by atoms with Crippen molar-refractivity contribution in [2.24, 2.45) is 0 Å². The van der Waals surface area contributed by atoms with Crippen LogP contribution >= 0.6 is 0 Å². The molecule has 1 aliphatic rings. The van der Waals surface area contributed by atoms with Crippen LogP contribution in [-0.2, 0) is 12.8 Å². The number of amides is 2. The van der Waals surface area contributed by atoms with Gasteiger partial charge in [-0.3, -0.25) is 0 Å². The van der Waals surface area contributed by atoms with E-state index in [-0.39, 0.29) is 6.03 Å². The van der Waals surface area contributed by atoms with Crippen molar-refractivity contribution in [3.8, 4) is 5.75 Å². The minimum atomic E-state index is -0.109. The summed E-state index contributed by atoms with van der Waals surface area (Å²) in [5.41, 5.74) is 2.79. The Kier molecular flexibility index (Phi) is 10.2. The third kappa shape index (κ3) is 7.01. The number of ether oxygens (including phenoxy) is 1. The van der Waals surface area contributed by atoms with Crippen molar-refractivity contribution < 1.29 is 9.53 Å². The fraction of sp³-hybridized carbons (Fsp3) is 0.696. The topological polar surface area (TPSA) is 53.6 Å². The summed E-state index contributed by atoms with van der Waals surface area (Å²) in [5.74, 6) is 0.989. The molecule has 2 N–H and O–H groups in total. The van der Waals surface area contributed by atoms with E-state index in [4.69, 9.17) is 4.74 Å². The van der Waals surface area contributed by atoms with Crippen LogP contribution in [0, 0.1) is 0 Å². The van der Waals surface area contributed by atoms with Gasteiger partial charge < -0.3 is 20.3 Å². The second kappa shape index (κ2) is 12.7. The van der Waals surface area contributed by atoms with Gasteiger partial charge in [0.1, 0.15) is 12.4 Å². The maximum atomic E-state index is 11.7. The molecule has 2 amide bonds. The lowest BCUT2D eigenvalue weighted by Gasteiger charge is -2.35. The number of carbonyl (C=O) groups excluding carboxylic acids is 1. The summed E-state index contributed by atoms with van der Waals surface area (Å²) in [6, 6.07) is 6.91. The fourth-order valence-corrected chi connectivity index (χ4v) is 4.00. The molecule has 5 heteroatoms. The Morgan fingerprint density at radius 3 is 2.57 bits per heavy atom. The van der Waals surface area contributed by atoms with Crippen LogP contribution in [0.15, 0.2) is 18.2 Å². The summed E-state index contributed by atoms with van der Waals surface area (Å²) >= 11 is 0. The van der Waals surface area contributed by atoms with Crippen LogP contribution in [0.4, 0.5) is 4.79 Å². The molecule has 158 valence electrons. The van der Waals surface area contributed by atoms with Gasteiger partial charge in [0.05, 0.1) is 6.54 Å². The maximum absolute atomic E-state index is 11.7. The van der Waals surface area contributed by atoms with Crippen LogP contribution in [0.5, 0.6) is 5.75 Å². The summed E-state index contributed by atoms with van der Waals surface area (Å²) in [6.07, 6.45) is 7.92. The lowest BCUT2D eigenvalue weighted by atomic mass is 9.86. The first kappa shape index (κ1) is 22.5. The molecule has 0 radical (unpaired) electrons. The molecule has 1 aromatic rings. The van der Waals surface area contributed by atoms with Gasteiger partial charge in [-0.15, -0.1) is 0 Å². The van der Waals surface area contributed by atoms with Gasteiger partial charge >= 0.3 is 6.03 Å². The molecule has 5 nitrogen and oxygen atoms in total. The molecule has 0 spiro atoms. The minimum Gasteiger partial charge on any atom is -0.491 e. The monoisotopic (exact) mass is 389 g/mol. The highest BCUT2D eigenvalue weighted by molar-refractivity contribution is 5.73. The van der Waals surface area contributed by atoms with E-state index in [1.807, 2.05) is 0 Å². The molecule has 2 rings (SSSR count). The number of fused-ring (bicyclic) bond motifs is 1. The number of hydrogen-bond donors (Lipinski definition) is 2. The Morgan fingerprint density at radius 1 is 1.11 bits per heavy atom. The normalized spacial score (nSPS) is 15.9. The average Bonchev–Trinajstić information content (AvgIpc) is 2.71.